The van der Waals surface area contributed by atoms with Gasteiger partial charge in [-0.25, -0.2) is 9.78 Å². The molecule has 6 heteroatoms. The number of aromatic amines is 1. The maximum Gasteiger partial charge on any atom is 0.355 e. The van der Waals surface area contributed by atoms with Crippen molar-refractivity contribution in [2.24, 2.45) is 0 Å². The molecule has 0 bridgehead atoms. The minimum absolute atomic E-state index is 0.128. The first-order chi connectivity index (χ1) is 5.52. The second kappa shape index (κ2) is 3.21. The molecule has 0 saturated heterocycles. The third kappa shape index (κ3) is 1.63. The number of carboxylic acids is 1. The minimum atomic E-state index is -1.18. The first kappa shape index (κ1) is 9.17. The molecule has 1 aromatic rings. The molecule has 5 nitrogen and oxygen atoms in total. The molecule has 0 amide bonds. The van der Waals surface area contributed by atoms with Gasteiger partial charge in [-0.2, -0.15) is 0 Å². The zero-order chi connectivity index (χ0) is 9.30. The van der Waals surface area contributed by atoms with E-state index in [0.717, 1.165) is 0 Å². The second-order valence-corrected chi connectivity index (χ2v) is 3.16. The number of hydrogen-bond acceptors (Lipinski definition) is 3. The van der Waals surface area contributed by atoms with Crippen molar-refractivity contribution in [3.05, 3.63) is 25.4 Å². The van der Waals surface area contributed by atoms with E-state index < -0.39 is 11.5 Å². The highest BCUT2D eigenvalue weighted by Gasteiger charge is 2.12. The third-order valence-electron chi connectivity index (χ3n) is 1.33. The molecule has 12 heavy (non-hydrogen) atoms. The molecular weight excluding hydrogens is 275 g/mol. The monoisotopic (exact) mass is 280 g/mol. The summed E-state index contributed by atoms with van der Waals surface area (Å²) in [4.78, 5) is 27.6. The van der Waals surface area contributed by atoms with Gasteiger partial charge in [0.2, 0.25) is 0 Å². The van der Waals surface area contributed by atoms with Gasteiger partial charge in [0.05, 0.1) is 0 Å². The number of nitrogens with one attached hydrogen (secondary N) is 1. The van der Waals surface area contributed by atoms with Crippen molar-refractivity contribution >= 4 is 28.6 Å². The van der Waals surface area contributed by atoms with Crippen LogP contribution in [0.2, 0.25) is 0 Å². The van der Waals surface area contributed by atoms with Crippen LogP contribution in [0.3, 0.4) is 0 Å². The normalized spacial score (nSPS) is 9.83. The summed E-state index contributed by atoms with van der Waals surface area (Å²) in [5.74, 6) is -1.18. The lowest BCUT2D eigenvalue weighted by molar-refractivity contribution is 0.0689. The highest BCUT2D eigenvalue weighted by molar-refractivity contribution is 14.1. The van der Waals surface area contributed by atoms with Gasteiger partial charge in [-0.3, -0.25) is 4.79 Å². The van der Waals surface area contributed by atoms with Crippen LogP contribution in [-0.4, -0.2) is 21.0 Å². The van der Waals surface area contributed by atoms with E-state index in [1.54, 1.807) is 22.6 Å². The number of halogens is 1. The number of aromatic nitrogens is 2. The van der Waals surface area contributed by atoms with Crippen molar-refractivity contribution in [3.63, 3.8) is 0 Å². The highest BCUT2D eigenvalue weighted by Crippen LogP contribution is 2.00. The highest BCUT2D eigenvalue weighted by atomic mass is 127. The zero-order valence-corrected chi connectivity index (χ0v) is 8.25. The first-order valence-electron chi connectivity index (χ1n) is 3.02. The second-order valence-electron chi connectivity index (χ2n) is 2.14. The van der Waals surface area contributed by atoms with Crippen LogP contribution >= 0.6 is 22.6 Å². The first-order valence-corrected chi connectivity index (χ1v) is 4.10. The molecular formula is C6H5IN2O3. The topological polar surface area (TPSA) is 83.0 Å². The Kier molecular flexibility index (Phi) is 2.46. The molecule has 0 radical (unpaired) electrons. The van der Waals surface area contributed by atoms with Crippen LogP contribution in [0.25, 0.3) is 0 Å². The van der Waals surface area contributed by atoms with E-state index in [1.165, 1.54) is 6.92 Å². The summed E-state index contributed by atoms with van der Waals surface area (Å²) in [5.41, 5.74) is -0.474. The fourth-order valence-electron chi connectivity index (χ4n) is 0.713. The number of carbonyl (C=O) groups is 1. The van der Waals surface area contributed by atoms with Crippen LogP contribution in [-0.2, 0) is 0 Å². The molecule has 64 valence electrons. The van der Waals surface area contributed by atoms with Crippen LogP contribution in [0.5, 0.6) is 0 Å². The molecule has 2 N–H and O–H groups in total. The van der Waals surface area contributed by atoms with Crippen molar-refractivity contribution < 1.29 is 9.90 Å². The predicted molar refractivity (Wildman–Crippen MR) is 49.3 cm³/mol. The molecule has 1 aromatic heterocycles. The van der Waals surface area contributed by atoms with Gasteiger partial charge in [-0.1, -0.05) is 0 Å². The Hall–Kier alpha value is -0.920. The van der Waals surface area contributed by atoms with Crippen molar-refractivity contribution in [2.45, 2.75) is 6.92 Å². The Bertz CT molecular complexity index is 385. The van der Waals surface area contributed by atoms with E-state index >= 15 is 0 Å². The summed E-state index contributed by atoms with van der Waals surface area (Å²) in [6.07, 6.45) is 0. The summed E-state index contributed by atoms with van der Waals surface area (Å²) in [7, 11) is 0. The Morgan fingerprint density at radius 2 is 2.25 bits per heavy atom. The summed E-state index contributed by atoms with van der Waals surface area (Å²) >= 11 is 1.75. The van der Waals surface area contributed by atoms with Crippen molar-refractivity contribution in [3.8, 4) is 0 Å². The van der Waals surface area contributed by atoms with Gasteiger partial charge >= 0.3 is 5.97 Å². The van der Waals surface area contributed by atoms with Gasteiger partial charge in [-0.15, -0.1) is 0 Å². The fraction of sp³-hybridized carbons (Fsp3) is 0.167. The van der Waals surface area contributed by atoms with Crippen LogP contribution in [0, 0.1) is 10.8 Å². The number of nitrogens with zero attached hydrogens (tertiary/aromatic N) is 1. The Morgan fingerprint density at radius 3 is 2.75 bits per heavy atom. The molecule has 0 spiro atoms. The molecule has 1 heterocycles. The number of aromatic carboxylic acids is 1. The van der Waals surface area contributed by atoms with Crippen LogP contribution in [0.4, 0.5) is 0 Å². The van der Waals surface area contributed by atoms with Gasteiger partial charge in [-0.05, 0) is 29.5 Å². The SMILES string of the molecule is Cc1c(C(=O)O)nc(I)[nH]c1=O. The Labute approximate surface area is 81.0 Å². The molecule has 0 unspecified atom stereocenters. The van der Waals surface area contributed by atoms with E-state index in [1.807, 2.05) is 0 Å². The quantitative estimate of drug-likeness (QED) is 0.575. The molecule has 0 aliphatic heterocycles. The summed E-state index contributed by atoms with van der Waals surface area (Å²) in [6, 6.07) is 0. The Morgan fingerprint density at radius 1 is 1.67 bits per heavy atom. The molecule has 0 fully saturated rings. The molecule has 0 aliphatic carbocycles. The number of carboxylic acid groups (broad SMARTS) is 1. The van der Waals surface area contributed by atoms with Gasteiger partial charge < -0.3 is 10.1 Å². The molecule has 1 rings (SSSR count). The smallest absolute Gasteiger partial charge is 0.355 e. The number of rotatable bonds is 1. The van der Waals surface area contributed by atoms with Crippen molar-refractivity contribution in [2.75, 3.05) is 0 Å². The third-order valence-corrected chi connectivity index (χ3v) is 1.84. The van der Waals surface area contributed by atoms with Crippen molar-refractivity contribution in [1.82, 2.24) is 9.97 Å². The van der Waals surface area contributed by atoms with E-state index in [-0.39, 0.29) is 15.1 Å². The number of H-pyrrole nitrogens is 1. The molecule has 0 saturated carbocycles. The van der Waals surface area contributed by atoms with Crippen molar-refractivity contribution in [1.29, 1.82) is 0 Å². The minimum Gasteiger partial charge on any atom is -0.476 e. The largest absolute Gasteiger partial charge is 0.476 e. The summed E-state index contributed by atoms with van der Waals surface area (Å²) < 4.78 is 0.278. The molecule has 0 atom stereocenters. The van der Waals surface area contributed by atoms with Gasteiger partial charge in [0.25, 0.3) is 5.56 Å². The predicted octanol–water partition coefficient (Wildman–Crippen LogP) is 0.381. The maximum atomic E-state index is 11.0. The van der Waals surface area contributed by atoms with E-state index in [9.17, 15) is 9.59 Å². The van der Waals surface area contributed by atoms with Crippen LogP contribution in [0.1, 0.15) is 16.1 Å². The summed E-state index contributed by atoms with van der Waals surface area (Å²) in [6.45, 7) is 1.42. The average Bonchev–Trinajstić information content (AvgIpc) is 1.96. The Balaban J connectivity index is 3.48. The summed E-state index contributed by atoms with van der Waals surface area (Å²) in [5, 5.41) is 8.60. The lowest BCUT2D eigenvalue weighted by atomic mass is 10.2. The molecule has 0 aliphatic rings. The fourth-order valence-corrected chi connectivity index (χ4v) is 1.20. The average molecular weight is 280 g/mol. The maximum absolute atomic E-state index is 11.0. The van der Waals surface area contributed by atoms with Gasteiger partial charge in [0.15, 0.2) is 9.53 Å². The standard InChI is InChI=1S/C6H5IN2O3/c1-2-3(5(11)12)8-6(7)9-4(2)10/h1H3,(H,11,12)(H,8,9,10). The van der Waals surface area contributed by atoms with Gasteiger partial charge in [0, 0.05) is 5.56 Å². The van der Waals surface area contributed by atoms with E-state index in [0.29, 0.717) is 0 Å². The lowest BCUT2D eigenvalue weighted by Crippen LogP contribution is -2.19. The van der Waals surface area contributed by atoms with Crippen LogP contribution < -0.4 is 5.56 Å². The van der Waals surface area contributed by atoms with Crippen LogP contribution in [0.15, 0.2) is 4.79 Å². The van der Waals surface area contributed by atoms with E-state index in [2.05, 4.69) is 9.97 Å². The molecule has 0 aromatic carbocycles. The van der Waals surface area contributed by atoms with E-state index in [4.69, 9.17) is 5.11 Å². The zero-order valence-electron chi connectivity index (χ0n) is 6.09. The van der Waals surface area contributed by atoms with Gasteiger partial charge in [0.1, 0.15) is 0 Å². The lowest BCUT2D eigenvalue weighted by Gasteiger charge is -1.97. The number of hydrogen-bond donors (Lipinski definition) is 2.